The highest BCUT2D eigenvalue weighted by Gasteiger charge is 2.16. The van der Waals surface area contributed by atoms with Crippen LogP contribution in [0.2, 0.25) is 0 Å². The first kappa shape index (κ1) is 17.3. The lowest BCUT2D eigenvalue weighted by atomic mass is 10.1. The van der Waals surface area contributed by atoms with Crippen molar-refractivity contribution < 1.29 is 13.0 Å². The molecule has 0 atom stereocenters. The third kappa shape index (κ3) is 3.54. The quantitative estimate of drug-likeness (QED) is 0.668. The van der Waals surface area contributed by atoms with Gasteiger partial charge in [0.2, 0.25) is 0 Å². The van der Waals surface area contributed by atoms with Crippen molar-refractivity contribution >= 4 is 27.8 Å². The van der Waals surface area contributed by atoms with Crippen molar-refractivity contribution in [1.82, 2.24) is 4.98 Å². The van der Waals surface area contributed by atoms with Gasteiger partial charge in [-0.15, -0.1) is 11.3 Å². The van der Waals surface area contributed by atoms with E-state index in [-0.39, 0.29) is 0 Å². The Bertz CT molecular complexity index is 946. The Balaban J connectivity index is 1.54. The zero-order valence-corrected chi connectivity index (χ0v) is 15.5. The van der Waals surface area contributed by atoms with E-state index in [4.69, 9.17) is 0 Å². The van der Waals surface area contributed by atoms with E-state index in [0.717, 1.165) is 35.3 Å². The van der Waals surface area contributed by atoms with E-state index in [1.165, 1.54) is 23.5 Å². The van der Waals surface area contributed by atoms with Gasteiger partial charge in [0.1, 0.15) is 5.01 Å². The fraction of sp³-hybridized carbons (Fsp3) is 0.211. The van der Waals surface area contributed by atoms with Gasteiger partial charge in [-0.05, 0) is 35.9 Å². The number of anilines is 1. The molecule has 1 aliphatic rings. The van der Waals surface area contributed by atoms with Gasteiger partial charge < -0.3 is 4.90 Å². The van der Waals surface area contributed by atoms with Crippen LogP contribution in [0.15, 0.2) is 48.7 Å². The van der Waals surface area contributed by atoms with E-state index in [0.29, 0.717) is 22.1 Å². The molecule has 1 fully saturated rings. The summed E-state index contributed by atoms with van der Waals surface area (Å²) in [5, 5.41) is 0.654. The van der Waals surface area contributed by atoms with Gasteiger partial charge in [-0.1, -0.05) is 12.1 Å². The highest BCUT2D eigenvalue weighted by atomic mass is 32.2. The fourth-order valence-corrected chi connectivity index (χ4v) is 4.87. The van der Waals surface area contributed by atoms with Crippen LogP contribution in [0.5, 0.6) is 0 Å². The number of aromatic nitrogens is 1. The second kappa shape index (κ2) is 7.25. The summed E-state index contributed by atoms with van der Waals surface area (Å²) >= 11 is 1.44. The van der Waals surface area contributed by atoms with Crippen LogP contribution in [0.4, 0.5) is 14.5 Å². The molecule has 3 nitrogen and oxygen atoms in total. The molecule has 0 N–H and O–H groups in total. The molecule has 0 aliphatic carbocycles. The Hall–Kier alpha value is -2.12. The summed E-state index contributed by atoms with van der Waals surface area (Å²) in [6, 6.07) is 12.0. The van der Waals surface area contributed by atoms with E-state index in [9.17, 15) is 13.0 Å². The number of thiazole rings is 1. The summed E-state index contributed by atoms with van der Waals surface area (Å²) in [4.78, 5) is 7.55. The molecule has 1 saturated heterocycles. The molecular weight excluding hydrogens is 374 g/mol. The van der Waals surface area contributed by atoms with Gasteiger partial charge in [-0.2, -0.15) is 0 Å². The van der Waals surface area contributed by atoms with Crippen molar-refractivity contribution in [3.63, 3.8) is 0 Å². The second-order valence-electron chi connectivity index (χ2n) is 6.04. The van der Waals surface area contributed by atoms with E-state index < -0.39 is 22.4 Å². The SMILES string of the molecule is O=S1CCN(c2ccc(-c3cnc(-c4ccc(F)c(F)c4)s3)cc2)CC1. The minimum Gasteiger partial charge on any atom is -0.370 e. The van der Waals surface area contributed by atoms with Crippen molar-refractivity contribution in [2.45, 2.75) is 0 Å². The first-order chi connectivity index (χ1) is 12.6. The smallest absolute Gasteiger partial charge is 0.159 e. The second-order valence-corrected chi connectivity index (χ2v) is 8.77. The third-order valence-electron chi connectivity index (χ3n) is 4.37. The summed E-state index contributed by atoms with van der Waals surface area (Å²) in [6.07, 6.45) is 1.75. The maximum Gasteiger partial charge on any atom is 0.159 e. The van der Waals surface area contributed by atoms with E-state index in [1.54, 1.807) is 6.20 Å². The summed E-state index contributed by atoms with van der Waals surface area (Å²) in [7, 11) is -0.686. The van der Waals surface area contributed by atoms with Crippen LogP contribution in [0, 0.1) is 11.6 Å². The first-order valence-electron chi connectivity index (χ1n) is 8.22. The lowest BCUT2D eigenvalue weighted by Crippen LogP contribution is -2.37. The first-order valence-corrected chi connectivity index (χ1v) is 10.5. The van der Waals surface area contributed by atoms with Crippen LogP contribution < -0.4 is 4.90 Å². The van der Waals surface area contributed by atoms with Crippen LogP contribution in [-0.4, -0.2) is 33.8 Å². The van der Waals surface area contributed by atoms with Gasteiger partial charge >= 0.3 is 0 Å². The highest BCUT2D eigenvalue weighted by molar-refractivity contribution is 7.85. The van der Waals surface area contributed by atoms with Gasteiger partial charge in [0.15, 0.2) is 11.6 Å². The van der Waals surface area contributed by atoms with E-state index >= 15 is 0 Å². The monoisotopic (exact) mass is 390 g/mol. The predicted molar refractivity (Wildman–Crippen MR) is 103 cm³/mol. The van der Waals surface area contributed by atoms with E-state index in [2.05, 4.69) is 22.0 Å². The molecule has 1 aromatic heterocycles. The molecule has 0 amide bonds. The number of halogens is 2. The van der Waals surface area contributed by atoms with Crippen LogP contribution in [0.1, 0.15) is 0 Å². The van der Waals surface area contributed by atoms with Crippen molar-refractivity contribution in [3.8, 4) is 21.0 Å². The number of nitrogens with zero attached hydrogens (tertiary/aromatic N) is 2. The van der Waals surface area contributed by atoms with Gasteiger partial charge in [0.25, 0.3) is 0 Å². The Morgan fingerprint density at radius 3 is 2.35 bits per heavy atom. The maximum atomic E-state index is 13.4. The largest absolute Gasteiger partial charge is 0.370 e. The summed E-state index contributed by atoms with van der Waals surface area (Å²) < 4.78 is 38.0. The van der Waals surface area contributed by atoms with E-state index in [1.807, 2.05) is 12.1 Å². The zero-order valence-electron chi connectivity index (χ0n) is 13.8. The van der Waals surface area contributed by atoms with Crippen molar-refractivity contribution in [2.24, 2.45) is 0 Å². The maximum absolute atomic E-state index is 13.4. The molecule has 2 heterocycles. The zero-order chi connectivity index (χ0) is 18.1. The molecule has 0 bridgehead atoms. The standard InChI is InChI=1S/C19H16F2N2OS2/c20-16-6-3-14(11-17(16)21)19-22-12-18(25-19)13-1-4-15(5-2-13)23-7-9-26(24)10-8-23/h1-6,11-12H,7-10H2. The van der Waals surface area contributed by atoms with Crippen molar-refractivity contribution in [2.75, 3.05) is 29.5 Å². The third-order valence-corrected chi connectivity index (χ3v) is 6.74. The average molecular weight is 390 g/mol. The minimum absolute atomic E-state index is 0.568. The molecule has 26 heavy (non-hydrogen) atoms. The molecule has 1 aliphatic heterocycles. The molecule has 7 heteroatoms. The highest BCUT2D eigenvalue weighted by Crippen LogP contribution is 2.33. The Morgan fingerprint density at radius 2 is 1.65 bits per heavy atom. The summed E-state index contributed by atoms with van der Waals surface area (Å²) in [5.41, 5.74) is 2.72. The molecule has 0 unspecified atom stereocenters. The summed E-state index contributed by atoms with van der Waals surface area (Å²) in [6.45, 7) is 1.62. The van der Waals surface area contributed by atoms with Gasteiger partial charge in [0, 0.05) is 52.8 Å². The molecule has 0 saturated carbocycles. The lowest BCUT2D eigenvalue weighted by molar-refractivity contribution is 0.509. The van der Waals surface area contributed by atoms with Crippen LogP contribution in [-0.2, 0) is 10.8 Å². The van der Waals surface area contributed by atoms with Gasteiger partial charge in [-0.25, -0.2) is 13.8 Å². The van der Waals surface area contributed by atoms with Crippen molar-refractivity contribution in [3.05, 3.63) is 60.3 Å². The molecule has 0 radical (unpaired) electrons. The lowest BCUT2D eigenvalue weighted by Gasteiger charge is -2.28. The fourth-order valence-electron chi connectivity index (χ4n) is 2.90. The Kier molecular flexibility index (Phi) is 4.82. The van der Waals surface area contributed by atoms with Crippen molar-refractivity contribution in [1.29, 1.82) is 0 Å². The topological polar surface area (TPSA) is 33.2 Å². The molecule has 2 aromatic carbocycles. The number of hydrogen-bond donors (Lipinski definition) is 0. The van der Waals surface area contributed by atoms with Crippen LogP contribution >= 0.6 is 11.3 Å². The normalized spacial score (nSPS) is 15.4. The molecular formula is C19H16F2N2OS2. The number of hydrogen-bond acceptors (Lipinski definition) is 4. The van der Waals surface area contributed by atoms with Crippen LogP contribution in [0.3, 0.4) is 0 Å². The minimum atomic E-state index is -0.869. The Morgan fingerprint density at radius 1 is 0.962 bits per heavy atom. The number of benzene rings is 2. The summed E-state index contributed by atoms with van der Waals surface area (Å²) in [5.74, 6) is -0.295. The van der Waals surface area contributed by atoms with Gasteiger partial charge in [0.05, 0.1) is 4.88 Å². The molecule has 4 rings (SSSR count). The molecule has 134 valence electrons. The number of rotatable bonds is 3. The predicted octanol–water partition coefficient (Wildman–Crippen LogP) is 4.32. The molecule has 0 spiro atoms. The van der Waals surface area contributed by atoms with Crippen LogP contribution in [0.25, 0.3) is 21.0 Å². The molecule has 3 aromatic rings. The average Bonchev–Trinajstić information content (AvgIpc) is 3.15. The van der Waals surface area contributed by atoms with Gasteiger partial charge in [-0.3, -0.25) is 4.21 Å². The Labute approximate surface area is 156 Å².